The Labute approximate surface area is 197 Å². The molecule has 0 unspecified atom stereocenters. The van der Waals surface area contributed by atoms with E-state index < -0.39 is 30.4 Å². The smallest absolute Gasteiger partial charge is 0.338 e. The zero-order chi connectivity index (χ0) is 23.8. The van der Waals surface area contributed by atoms with Crippen molar-refractivity contribution in [1.82, 2.24) is 0 Å². The third-order valence-electron chi connectivity index (χ3n) is 5.26. The third kappa shape index (κ3) is 6.15. The molecule has 0 bridgehead atoms. The van der Waals surface area contributed by atoms with Gasteiger partial charge in [0.15, 0.2) is 18.2 Å². The largest absolute Gasteiger partial charge is 0.459 e. The number of ketones is 1. The monoisotopic (exact) mass is 460 g/mol. The van der Waals surface area contributed by atoms with Gasteiger partial charge in [-0.3, -0.25) is 4.79 Å². The summed E-state index contributed by atoms with van der Waals surface area (Å²) in [6.07, 6.45) is -3.20. The molecule has 3 aromatic rings. The number of esters is 2. The highest BCUT2D eigenvalue weighted by Gasteiger charge is 2.42. The van der Waals surface area contributed by atoms with Crippen LogP contribution >= 0.6 is 0 Å². The fourth-order valence-electron chi connectivity index (χ4n) is 3.51. The quantitative estimate of drug-likeness (QED) is 0.470. The van der Waals surface area contributed by atoms with Gasteiger partial charge in [0.2, 0.25) is 0 Å². The summed E-state index contributed by atoms with van der Waals surface area (Å²) < 4.78 is 22.6. The summed E-state index contributed by atoms with van der Waals surface area (Å²) in [6, 6.07) is 26.3. The van der Waals surface area contributed by atoms with Crippen LogP contribution in [0, 0.1) is 0 Å². The second-order valence-electron chi connectivity index (χ2n) is 7.73. The van der Waals surface area contributed by atoms with Gasteiger partial charge in [-0.25, -0.2) is 9.59 Å². The summed E-state index contributed by atoms with van der Waals surface area (Å²) in [7, 11) is 0. The molecule has 0 radical (unpaired) electrons. The number of Topliss-reactive ketones (excluding diaryl/α,β-unsaturated/α-hetero) is 1. The Morgan fingerprint density at radius 3 is 1.97 bits per heavy atom. The lowest BCUT2D eigenvalue weighted by Gasteiger charge is -2.34. The Hall–Kier alpha value is -3.81. The number of rotatable bonds is 8. The van der Waals surface area contributed by atoms with Crippen molar-refractivity contribution in [1.29, 1.82) is 0 Å². The van der Waals surface area contributed by atoms with Crippen LogP contribution in [0.25, 0.3) is 0 Å². The summed E-state index contributed by atoms with van der Waals surface area (Å²) >= 11 is 0. The Bertz CT molecular complexity index is 1100. The molecule has 4 rings (SSSR count). The molecule has 7 nitrogen and oxygen atoms in total. The molecular formula is C27H24O7. The van der Waals surface area contributed by atoms with E-state index in [2.05, 4.69) is 0 Å². The highest BCUT2D eigenvalue weighted by molar-refractivity contribution is 5.93. The molecule has 0 aromatic heterocycles. The van der Waals surface area contributed by atoms with Gasteiger partial charge in [0.25, 0.3) is 0 Å². The maximum atomic E-state index is 12.9. The zero-order valence-corrected chi connectivity index (χ0v) is 18.4. The lowest BCUT2D eigenvalue weighted by Crippen LogP contribution is -2.50. The number of carbonyl (C=O) groups excluding carboxylic acids is 3. The molecule has 0 spiro atoms. The van der Waals surface area contributed by atoms with Gasteiger partial charge in [-0.1, -0.05) is 66.7 Å². The number of benzene rings is 3. The summed E-state index contributed by atoms with van der Waals surface area (Å²) in [5.74, 6) is -1.60. The topological polar surface area (TPSA) is 88.1 Å². The van der Waals surface area contributed by atoms with Crippen LogP contribution in [-0.2, 0) is 30.3 Å². The molecule has 1 aliphatic heterocycles. The van der Waals surface area contributed by atoms with Gasteiger partial charge < -0.3 is 18.9 Å². The van der Waals surface area contributed by atoms with E-state index in [-0.39, 0.29) is 25.4 Å². The second kappa shape index (κ2) is 11.4. The van der Waals surface area contributed by atoms with Gasteiger partial charge in [0, 0.05) is 0 Å². The molecular weight excluding hydrogens is 436 g/mol. The highest BCUT2D eigenvalue weighted by Crippen LogP contribution is 2.23. The van der Waals surface area contributed by atoms with Crippen LogP contribution in [0.15, 0.2) is 91.0 Å². The van der Waals surface area contributed by atoms with Crippen LogP contribution in [0.5, 0.6) is 0 Å². The van der Waals surface area contributed by atoms with E-state index in [1.807, 2.05) is 30.3 Å². The van der Waals surface area contributed by atoms with Crippen molar-refractivity contribution >= 4 is 17.7 Å². The number of hydrogen-bond acceptors (Lipinski definition) is 7. The number of hydrogen-bond donors (Lipinski definition) is 0. The first-order valence-electron chi connectivity index (χ1n) is 10.9. The standard InChI is InChI=1S/C27H24O7/c28-22-16-24(31-17-19-10-4-1-5-11-19)33-23(18-32-26(29)20-12-6-2-7-13-20)25(22)34-27(30)21-14-8-3-9-15-21/h1-15,23-25H,16-18H2/t23-,24+,25+/m1/s1. The number of ether oxygens (including phenoxy) is 4. The van der Waals surface area contributed by atoms with Gasteiger partial charge >= 0.3 is 11.9 Å². The maximum absolute atomic E-state index is 12.9. The Balaban J connectivity index is 1.45. The molecule has 0 saturated carbocycles. The second-order valence-corrected chi connectivity index (χ2v) is 7.73. The summed E-state index contributed by atoms with van der Waals surface area (Å²) in [5, 5.41) is 0. The van der Waals surface area contributed by atoms with Gasteiger partial charge in [-0.15, -0.1) is 0 Å². The van der Waals surface area contributed by atoms with Crippen molar-refractivity contribution in [3.05, 3.63) is 108 Å². The molecule has 0 N–H and O–H groups in total. The molecule has 7 heteroatoms. The SMILES string of the molecule is O=C(OC[C@H]1O[C@H](OCc2ccccc2)CC(=O)[C@@H]1OC(=O)c1ccccc1)c1ccccc1. The number of carbonyl (C=O) groups is 3. The van der Waals surface area contributed by atoms with Crippen LogP contribution in [0.4, 0.5) is 0 Å². The van der Waals surface area contributed by atoms with E-state index in [4.69, 9.17) is 18.9 Å². The van der Waals surface area contributed by atoms with Crippen molar-refractivity contribution in [3.8, 4) is 0 Å². The zero-order valence-electron chi connectivity index (χ0n) is 18.4. The fourth-order valence-corrected chi connectivity index (χ4v) is 3.51. The molecule has 0 aliphatic carbocycles. The maximum Gasteiger partial charge on any atom is 0.338 e. The minimum Gasteiger partial charge on any atom is -0.459 e. The van der Waals surface area contributed by atoms with Gasteiger partial charge in [-0.2, -0.15) is 0 Å². The molecule has 3 atom stereocenters. The average Bonchev–Trinajstić information content (AvgIpc) is 2.89. The molecule has 1 saturated heterocycles. The molecule has 174 valence electrons. The normalized spacial score (nSPS) is 19.9. The van der Waals surface area contributed by atoms with Crippen LogP contribution in [0.3, 0.4) is 0 Å². The Morgan fingerprint density at radius 2 is 1.35 bits per heavy atom. The molecule has 34 heavy (non-hydrogen) atoms. The summed E-state index contributed by atoms with van der Waals surface area (Å²) in [4.78, 5) is 37.9. The van der Waals surface area contributed by atoms with Crippen LogP contribution in [-0.4, -0.2) is 42.8 Å². The van der Waals surface area contributed by atoms with Crippen molar-refractivity contribution in [2.24, 2.45) is 0 Å². The lowest BCUT2D eigenvalue weighted by atomic mass is 10.0. The summed E-state index contributed by atoms with van der Waals surface area (Å²) in [6.45, 7) is -0.0405. The molecule has 0 amide bonds. The Kier molecular flexibility index (Phi) is 7.80. The molecule has 1 heterocycles. The van der Waals surface area contributed by atoms with Gasteiger partial charge in [0.05, 0.1) is 24.2 Å². The average molecular weight is 460 g/mol. The van der Waals surface area contributed by atoms with Crippen molar-refractivity contribution in [2.45, 2.75) is 31.5 Å². The minimum absolute atomic E-state index is 0.0945. The van der Waals surface area contributed by atoms with Gasteiger partial charge in [-0.05, 0) is 29.8 Å². The predicted octanol–water partition coefficient (Wildman–Crippen LogP) is 3.97. The third-order valence-corrected chi connectivity index (χ3v) is 5.26. The van der Waals surface area contributed by atoms with Crippen molar-refractivity contribution in [3.63, 3.8) is 0 Å². The van der Waals surface area contributed by atoms with E-state index in [1.165, 1.54) is 0 Å². The van der Waals surface area contributed by atoms with E-state index in [0.717, 1.165) is 5.56 Å². The predicted molar refractivity (Wildman–Crippen MR) is 122 cm³/mol. The van der Waals surface area contributed by atoms with E-state index in [0.29, 0.717) is 11.1 Å². The minimum atomic E-state index is -1.23. The first-order chi connectivity index (χ1) is 16.6. The van der Waals surface area contributed by atoms with E-state index in [1.54, 1.807) is 60.7 Å². The molecule has 1 fully saturated rings. The molecule has 1 aliphatic rings. The van der Waals surface area contributed by atoms with Crippen molar-refractivity contribution in [2.75, 3.05) is 6.61 Å². The van der Waals surface area contributed by atoms with E-state index >= 15 is 0 Å². The van der Waals surface area contributed by atoms with Crippen LogP contribution in [0.1, 0.15) is 32.7 Å². The Morgan fingerprint density at radius 1 is 0.794 bits per heavy atom. The summed E-state index contributed by atoms with van der Waals surface area (Å²) in [5.41, 5.74) is 1.58. The fraction of sp³-hybridized carbons (Fsp3) is 0.222. The molecule has 3 aromatic carbocycles. The highest BCUT2D eigenvalue weighted by atomic mass is 16.7. The van der Waals surface area contributed by atoms with Gasteiger partial charge in [0.1, 0.15) is 12.7 Å². The van der Waals surface area contributed by atoms with Crippen LogP contribution < -0.4 is 0 Å². The van der Waals surface area contributed by atoms with Crippen LogP contribution in [0.2, 0.25) is 0 Å². The lowest BCUT2D eigenvalue weighted by molar-refractivity contribution is -0.226. The first-order valence-corrected chi connectivity index (χ1v) is 10.9. The van der Waals surface area contributed by atoms with E-state index in [9.17, 15) is 14.4 Å². The van der Waals surface area contributed by atoms with Crippen molar-refractivity contribution < 1.29 is 33.3 Å². The first kappa shape index (κ1) is 23.4.